The number of halogens is 2. The SMILES string of the molecule is CC(C)c1ncc[nH]1.O=S(F)F. The highest BCUT2D eigenvalue weighted by Gasteiger charge is 1.96. The summed E-state index contributed by atoms with van der Waals surface area (Å²) >= 11 is -3.61. The normalized spacial score (nSPS) is 9.83. The van der Waals surface area contributed by atoms with Crippen molar-refractivity contribution in [2.45, 2.75) is 19.8 Å². The first-order chi connectivity index (χ1) is 5.54. The number of imidazole rings is 1. The molecule has 1 rings (SSSR count). The number of hydrogen-bond acceptors (Lipinski definition) is 2. The zero-order valence-corrected chi connectivity index (χ0v) is 7.57. The molecule has 0 spiro atoms. The first-order valence-electron chi connectivity index (χ1n) is 3.27. The third-order valence-electron chi connectivity index (χ3n) is 1.07. The predicted molar refractivity (Wildman–Crippen MR) is 43.0 cm³/mol. The number of aromatic nitrogens is 2. The highest BCUT2D eigenvalue weighted by molar-refractivity contribution is 7.74. The molecule has 0 atom stereocenters. The molecule has 0 radical (unpaired) electrons. The Labute approximate surface area is 72.3 Å². The maximum Gasteiger partial charge on any atom is 0.385 e. The van der Waals surface area contributed by atoms with Gasteiger partial charge in [-0.25, -0.2) is 4.98 Å². The molecule has 0 amide bonds. The van der Waals surface area contributed by atoms with Crippen molar-refractivity contribution in [2.24, 2.45) is 0 Å². The van der Waals surface area contributed by atoms with Crippen molar-refractivity contribution in [1.29, 1.82) is 0 Å². The molecule has 0 saturated heterocycles. The Morgan fingerprint density at radius 3 is 2.25 bits per heavy atom. The van der Waals surface area contributed by atoms with Crippen LogP contribution in [0, 0.1) is 0 Å². The Morgan fingerprint density at radius 2 is 2.08 bits per heavy atom. The van der Waals surface area contributed by atoms with E-state index in [0.717, 1.165) is 5.82 Å². The van der Waals surface area contributed by atoms with Gasteiger partial charge in [0.25, 0.3) is 0 Å². The lowest BCUT2D eigenvalue weighted by atomic mass is 10.2. The Balaban J connectivity index is 0.000000261. The number of aromatic amines is 1. The molecule has 0 saturated carbocycles. The summed E-state index contributed by atoms with van der Waals surface area (Å²) in [7, 11) is 0. The molecule has 70 valence electrons. The number of nitrogens with one attached hydrogen (secondary N) is 1. The van der Waals surface area contributed by atoms with Crippen LogP contribution in [-0.2, 0) is 11.6 Å². The standard InChI is InChI=1S/C6H10N2.F2OS/c1-5(2)6-7-3-4-8-6;1-4(2)3/h3-5H,1-2H3,(H,7,8);. The van der Waals surface area contributed by atoms with Crippen LogP contribution in [-0.4, -0.2) is 14.2 Å². The van der Waals surface area contributed by atoms with Crippen molar-refractivity contribution in [3.8, 4) is 0 Å². The summed E-state index contributed by atoms with van der Waals surface area (Å²) in [6.45, 7) is 4.22. The minimum Gasteiger partial charge on any atom is -0.348 e. The van der Waals surface area contributed by atoms with Crippen LogP contribution in [0.4, 0.5) is 7.77 Å². The summed E-state index contributed by atoms with van der Waals surface area (Å²) in [4.78, 5) is 7.09. The van der Waals surface area contributed by atoms with Gasteiger partial charge in [0.05, 0.1) is 0 Å². The van der Waals surface area contributed by atoms with Crippen LogP contribution in [0.3, 0.4) is 0 Å². The van der Waals surface area contributed by atoms with Gasteiger partial charge in [0.15, 0.2) is 0 Å². The highest BCUT2D eigenvalue weighted by Crippen LogP contribution is 2.05. The molecule has 0 bridgehead atoms. The van der Waals surface area contributed by atoms with Gasteiger partial charge in [-0.1, -0.05) is 21.6 Å². The third-order valence-corrected chi connectivity index (χ3v) is 1.07. The van der Waals surface area contributed by atoms with Gasteiger partial charge in [-0.2, -0.15) is 4.21 Å². The first kappa shape index (κ1) is 11.2. The summed E-state index contributed by atoms with van der Waals surface area (Å²) in [5.41, 5.74) is 0. The lowest BCUT2D eigenvalue weighted by molar-refractivity contribution is 0.602. The Hall–Kier alpha value is -0.780. The lowest BCUT2D eigenvalue weighted by Gasteiger charge is -1.95. The van der Waals surface area contributed by atoms with Crippen LogP contribution in [0.1, 0.15) is 25.6 Å². The van der Waals surface area contributed by atoms with E-state index in [9.17, 15) is 7.77 Å². The summed E-state index contributed by atoms with van der Waals surface area (Å²) < 4.78 is 27.8. The van der Waals surface area contributed by atoms with Crippen LogP contribution in [0.5, 0.6) is 0 Å². The molecule has 1 aromatic heterocycles. The summed E-state index contributed by atoms with van der Waals surface area (Å²) in [6.07, 6.45) is 3.62. The largest absolute Gasteiger partial charge is 0.385 e. The van der Waals surface area contributed by atoms with Gasteiger partial charge in [-0.15, -0.1) is 0 Å². The molecule has 6 heteroatoms. The lowest BCUT2D eigenvalue weighted by Crippen LogP contribution is -1.87. The van der Waals surface area contributed by atoms with Gasteiger partial charge in [-0.05, 0) is 0 Å². The van der Waals surface area contributed by atoms with Crippen LogP contribution in [0.25, 0.3) is 0 Å². The summed E-state index contributed by atoms with van der Waals surface area (Å²) in [5, 5.41) is 0. The van der Waals surface area contributed by atoms with E-state index in [1.807, 2.05) is 6.20 Å². The number of H-pyrrole nitrogens is 1. The molecule has 0 aliphatic heterocycles. The predicted octanol–water partition coefficient (Wildman–Crippen LogP) is 2.04. The zero-order chi connectivity index (χ0) is 9.56. The average Bonchev–Trinajstić information content (AvgIpc) is 2.34. The fourth-order valence-corrected chi connectivity index (χ4v) is 0.593. The van der Waals surface area contributed by atoms with Crippen molar-refractivity contribution < 1.29 is 12.0 Å². The molecule has 0 aliphatic rings. The quantitative estimate of drug-likeness (QED) is 0.698. The Bertz CT molecular complexity index is 221. The molecule has 12 heavy (non-hydrogen) atoms. The fraction of sp³-hybridized carbons (Fsp3) is 0.500. The van der Waals surface area contributed by atoms with Crippen LogP contribution >= 0.6 is 0 Å². The number of nitrogens with zero attached hydrogens (tertiary/aromatic N) is 1. The van der Waals surface area contributed by atoms with Crippen molar-refractivity contribution in [1.82, 2.24) is 9.97 Å². The third kappa shape index (κ3) is 5.96. The van der Waals surface area contributed by atoms with Crippen LogP contribution in [0.15, 0.2) is 12.4 Å². The van der Waals surface area contributed by atoms with Gasteiger partial charge in [0.1, 0.15) is 5.82 Å². The molecule has 0 aromatic carbocycles. The van der Waals surface area contributed by atoms with E-state index < -0.39 is 11.6 Å². The van der Waals surface area contributed by atoms with E-state index in [1.165, 1.54) is 0 Å². The van der Waals surface area contributed by atoms with Gasteiger partial charge >= 0.3 is 11.6 Å². The highest BCUT2D eigenvalue weighted by atomic mass is 32.2. The van der Waals surface area contributed by atoms with Gasteiger partial charge in [0.2, 0.25) is 0 Å². The number of hydrogen-bond donors (Lipinski definition) is 1. The van der Waals surface area contributed by atoms with E-state index in [4.69, 9.17) is 4.21 Å². The molecular formula is C6H10F2N2OS. The Morgan fingerprint density at radius 1 is 1.58 bits per heavy atom. The summed E-state index contributed by atoms with van der Waals surface area (Å²) in [5.74, 6) is 1.58. The molecule has 1 heterocycles. The van der Waals surface area contributed by atoms with E-state index in [2.05, 4.69) is 23.8 Å². The van der Waals surface area contributed by atoms with Crippen molar-refractivity contribution in [3.63, 3.8) is 0 Å². The minimum atomic E-state index is -3.61. The molecule has 1 N–H and O–H groups in total. The van der Waals surface area contributed by atoms with Crippen molar-refractivity contribution in [3.05, 3.63) is 18.2 Å². The topological polar surface area (TPSA) is 45.8 Å². The maximum absolute atomic E-state index is 9.81. The average molecular weight is 196 g/mol. The maximum atomic E-state index is 9.81. The number of rotatable bonds is 1. The van der Waals surface area contributed by atoms with Crippen LogP contribution in [0.2, 0.25) is 0 Å². The monoisotopic (exact) mass is 196 g/mol. The Kier molecular flexibility index (Phi) is 5.44. The first-order valence-corrected chi connectivity index (χ1v) is 4.22. The smallest absolute Gasteiger partial charge is 0.348 e. The van der Waals surface area contributed by atoms with E-state index >= 15 is 0 Å². The molecule has 0 unspecified atom stereocenters. The van der Waals surface area contributed by atoms with E-state index in [1.54, 1.807) is 6.20 Å². The van der Waals surface area contributed by atoms with Crippen molar-refractivity contribution in [2.75, 3.05) is 0 Å². The second kappa shape index (κ2) is 5.82. The second-order valence-corrected chi connectivity index (χ2v) is 2.68. The molecule has 0 fully saturated rings. The molecule has 3 nitrogen and oxygen atoms in total. The van der Waals surface area contributed by atoms with Gasteiger partial charge in [0, 0.05) is 18.3 Å². The summed E-state index contributed by atoms with van der Waals surface area (Å²) in [6, 6.07) is 0. The zero-order valence-electron chi connectivity index (χ0n) is 6.75. The van der Waals surface area contributed by atoms with E-state index in [-0.39, 0.29) is 0 Å². The van der Waals surface area contributed by atoms with E-state index in [0.29, 0.717) is 5.92 Å². The molecular weight excluding hydrogens is 186 g/mol. The molecule has 0 aliphatic carbocycles. The van der Waals surface area contributed by atoms with Gasteiger partial charge < -0.3 is 4.98 Å². The minimum absolute atomic E-state index is 0.519. The fourth-order valence-electron chi connectivity index (χ4n) is 0.593. The second-order valence-electron chi connectivity index (χ2n) is 2.31. The molecule has 1 aromatic rings. The van der Waals surface area contributed by atoms with Crippen molar-refractivity contribution >= 4 is 11.6 Å². The van der Waals surface area contributed by atoms with Gasteiger partial charge in [-0.3, -0.25) is 0 Å². The van der Waals surface area contributed by atoms with Crippen LogP contribution < -0.4 is 0 Å².